The van der Waals surface area contributed by atoms with E-state index in [1.165, 1.54) is 15.6 Å². The van der Waals surface area contributed by atoms with E-state index in [4.69, 9.17) is 0 Å². The third kappa shape index (κ3) is 4.55. The number of aryl methyl sites for hydroxylation is 3. The maximum atomic E-state index is 13.8. The Morgan fingerprint density at radius 3 is 2.67 bits per heavy atom. The van der Waals surface area contributed by atoms with Gasteiger partial charge in [-0.15, -0.1) is 21.5 Å². The van der Waals surface area contributed by atoms with Crippen LogP contribution in [0.25, 0.3) is 0 Å². The van der Waals surface area contributed by atoms with Gasteiger partial charge in [0.05, 0.1) is 5.69 Å². The monoisotopic (exact) mass is 532 g/mol. The van der Waals surface area contributed by atoms with Crippen LogP contribution in [-0.2, 0) is 34.7 Å². The molecule has 1 atom stereocenters. The van der Waals surface area contributed by atoms with Crippen LogP contribution in [0.2, 0.25) is 0 Å². The standard InChI is InChI=1S/C23H32N8O3S2/c1-13(2)30(5)36(33,34)20-17-11-16(8-9-18(17)35-22(20)26-21(32)15-6-7-15)31-12-24-27-23(31)25-19-10-14(3)28-29(19)4/h10,12-13,15-16H,6-9,11H2,1-5H3,(H,25,27)(H,26,32). The fourth-order valence-corrected chi connectivity index (χ4v) is 7.85. The molecule has 1 unspecified atom stereocenters. The van der Waals surface area contributed by atoms with Crippen molar-refractivity contribution in [3.63, 3.8) is 0 Å². The highest BCUT2D eigenvalue weighted by atomic mass is 32.2. The van der Waals surface area contributed by atoms with E-state index < -0.39 is 10.0 Å². The van der Waals surface area contributed by atoms with E-state index in [1.54, 1.807) is 18.1 Å². The molecule has 5 rings (SSSR count). The number of hydrogen-bond donors (Lipinski definition) is 2. The van der Waals surface area contributed by atoms with Crippen molar-refractivity contribution in [2.75, 3.05) is 17.7 Å². The minimum atomic E-state index is -3.81. The fraction of sp³-hybridized carbons (Fsp3) is 0.565. The summed E-state index contributed by atoms with van der Waals surface area (Å²) in [4.78, 5) is 13.9. The molecular weight excluding hydrogens is 500 g/mol. The Balaban J connectivity index is 1.50. The first-order valence-electron chi connectivity index (χ1n) is 12.2. The summed E-state index contributed by atoms with van der Waals surface area (Å²) in [5.74, 6) is 1.26. The summed E-state index contributed by atoms with van der Waals surface area (Å²) >= 11 is 1.40. The van der Waals surface area contributed by atoms with Gasteiger partial charge in [0.15, 0.2) is 0 Å². The zero-order valence-electron chi connectivity index (χ0n) is 21.1. The molecule has 0 aromatic carbocycles. The molecule has 0 bridgehead atoms. The van der Waals surface area contributed by atoms with Gasteiger partial charge >= 0.3 is 0 Å². The first kappa shape index (κ1) is 24.9. The van der Waals surface area contributed by atoms with E-state index >= 15 is 0 Å². The van der Waals surface area contributed by atoms with Gasteiger partial charge in [0.1, 0.15) is 22.0 Å². The van der Waals surface area contributed by atoms with Crippen LogP contribution in [0.4, 0.5) is 16.8 Å². The molecule has 13 heteroatoms. The predicted octanol–water partition coefficient (Wildman–Crippen LogP) is 3.23. The minimum Gasteiger partial charge on any atom is -0.316 e. The van der Waals surface area contributed by atoms with Gasteiger partial charge in [0.25, 0.3) is 0 Å². The number of amides is 1. The van der Waals surface area contributed by atoms with E-state index in [-0.39, 0.29) is 28.8 Å². The van der Waals surface area contributed by atoms with Gasteiger partial charge in [0.2, 0.25) is 21.9 Å². The largest absolute Gasteiger partial charge is 0.316 e. The summed E-state index contributed by atoms with van der Waals surface area (Å²) in [6, 6.07) is 1.68. The van der Waals surface area contributed by atoms with Gasteiger partial charge in [-0.3, -0.25) is 14.0 Å². The van der Waals surface area contributed by atoms with E-state index in [0.29, 0.717) is 23.8 Å². The van der Waals surface area contributed by atoms with Crippen molar-refractivity contribution in [2.24, 2.45) is 13.0 Å². The number of nitrogens with one attached hydrogen (secondary N) is 2. The topological polar surface area (TPSA) is 127 Å². The van der Waals surface area contributed by atoms with Gasteiger partial charge in [0, 0.05) is 43.0 Å². The van der Waals surface area contributed by atoms with Crippen molar-refractivity contribution in [2.45, 2.75) is 69.9 Å². The normalized spacial score (nSPS) is 18.0. The molecule has 2 aliphatic carbocycles. The van der Waals surface area contributed by atoms with Gasteiger partial charge in [-0.05, 0) is 58.4 Å². The quantitative estimate of drug-likeness (QED) is 0.456. The number of carbonyl (C=O) groups excluding carboxylic acids is 1. The van der Waals surface area contributed by atoms with Crippen LogP contribution in [0, 0.1) is 12.8 Å². The highest BCUT2D eigenvalue weighted by Gasteiger charge is 2.38. The Hall–Kier alpha value is -2.77. The highest BCUT2D eigenvalue weighted by molar-refractivity contribution is 7.89. The van der Waals surface area contributed by atoms with E-state index in [9.17, 15) is 13.2 Å². The number of sulfonamides is 1. The van der Waals surface area contributed by atoms with Crippen molar-refractivity contribution < 1.29 is 13.2 Å². The summed E-state index contributed by atoms with van der Waals surface area (Å²) < 4.78 is 32.6. The Kier molecular flexibility index (Phi) is 6.41. The van der Waals surface area contributed by atoms with Crippen LogP contribution in [-0.4, -0.2) is 56.3 Å². The number of fused-ring (bicyclic) bond motifs is 1. The molecule has 1 fully saturated rings. The van der Waals surface area contributed by atoms with E-state index in [2.05, 4.69) is 25.9 Å². The summed E-state index contributed by atoms with van der Waals surface area (Å²) in [6.45, 7) is 5.61. The summed E-state index contributed by atoms with van der Waals surface area (Å²) in [5, 5.41) is 19.4. The minimum absolute atomic E-state index is 0.0171. The molecule has 3 aromatic rings. The fourth-order valence-electron chi connectivity index (χ4n) is 4.55. The lowest BCUT2D eigenvalue weighted by Gasteiger charge is -2.27. The summed E-state index contributed by atoms with van der Waals surface area (Å²) in [7, 11) is -0.363. The van der Waals surface area contributed by atoms with Gasteiger partial charge in [-0.1, -0.05) is 0 Å². The molecule has 0 spiro atoms. The average Bonchev–Trinajstić information content (AvgIpc) is 3.35. The molecule has 36 heavy (non-hydrogen) atoms. The van der Waals surface area contributed by atoms with Crippen LogP contribution in [0.15, 0.2) is 17.3 Å². The van der Waals surface area contributed by atoms with Crippen molar-refractivity contribution in [3.05, 3.63) is 28.5 Å². The molecule has 1 saturated carbocycles. The molecule has 11 nitrogen and oxygen atoms in total. The zero-order chi connectivity index (χ0) is 25.8. The molecule has 3 aromatic heterocycles. The third-order valence-electron chi connectivity index (χ3n) is 6.94. The van der Waals surface area contributed by atoms with Gasteiger partial charge in [-0.25, -0.2) is 8.42 Å². The Morgan fingerprint density at radius 1 is 1.28 bits per heavy atom. The predicted molar refractivity (Wildman–Crippen MR) is 138 cm³/mol. The SMILES string of the molecule is Cc1cc(Nc2nncn2C2CCc3sc(NC(=O)C4CC4)c(S(=O)(=O)N(C)C(C)C)c3C2)n(C)n1. The van der Waals surface area contributed by atoms with E-state index in [0.717, 1.165) is 41.2 Å². The molecule has 0 radical (unpaired) electrons. The number of nitrogens with zero attached hydrogens (tertiary/aromatic N) is 6. The summed E-state index contributed by atoms with van der Waals surface area (Å²) in [5.41, 5.74) is 1.67. The van der Waals surface area contributed by atoms with Crippen molar-refractivity contribution in [1.29, 1.82) is 0 Å². The number of aromatic nitrogens is 5. The van der Waals surface area contributed by atoms with Crippen molar-refractivity contribution >= 4 is 44.0 Å². The Labute approximate surface area is 214 Å². The molecule has 194 valence electrons. The number of hydrogen-bond acceptors (Lipinski definition) is 8. The second kappa shape index (κ2) is 9.27. The number of rotatable bonds is 8. The molecule has 1 amide bonds. The van der Waals surface area contributed by atoms with Crippen LogP contribution in [0.1, 0.15) is 55.3 Å². The van der Waals surface area contributed by atoms with Gasteiger partial charge < -0.3 is 10.6 Å². The van der Waals surface area contributed by atoms with Crippen LogP contribution in [0.5, 0.6) is 0 Å². The molecule has 2 N–H and O–H groups in total. The van der Waals surface area contributed by atoms with Crippen molar-refractivity contribution in [3.8, 4) is 0 Å². The zero-order valence-corrected chi connectivity index (χ0v) is 22.8. The average molecular weight is 533 g/mol. The van der Waals surface area contributed by atoms with Crippen LogP contribution >= 0.6 is 11.3 Å². The first-order chi connectivity index (χ1) is 17.1. The lowest BCUT2D eigenvalue weighted by atomic mass is 9.94. The molecule has 3 heterocycles. The van der Waals surface area contributed by atoms with Crippen LogP contribution < -0.4 is 10.6 Å². The second-order valence-corrected chi connectivity index (χ2v) is 13.0. The number of carbonyl (C=O) groups is 1. The van der Waals surface area contributed by atoms with Crippen molar-refractivity contribution in [1.82, 2.24) is 28.9 Å². The summed E-state index contributed by atoms with van der Waals surface area (Å²) in [6.07, 6.45) is 5.40. The molecular formula is C23H32N8O3S2. The Morgan fingerprint density at radius 2 is 2.03 bits per heavy atom. The lowest BCUT2D eigenvalue weighted by Crippen LogP contribution is -2.34. The van der Waals surface area contributed by atoms with Crippen LogP contribution in [0.3, 0.4) is 0 Å². The lowest BCUT2D eigenvalue weighted by molar-refractivity contribution is -0.117. The second-order valence-electron chi connectivity index (χ2n) is 9.92. The molecule has 0 aliphatic heterocycles. The first-order valence-corrected chi connectivity index (χ1v) is 14.4. The molecule has 2 aliphatic rings. The third-order valence-corrected chi connectivity index (χ3v) is 10.4. The smallest absolute Gasteiger partial charge is 0.246 e. The Bertz CT molecular complexity index is 1400. The number of anilines is 3. The van der Waals surface area contributed by atoms with E-state index in [1.807, 2.05) is 38.5 Å². The maximum Gasteiger partial charge on any atom is 0.246 e. The highest BCUT2D eigenvalue weighted by Crippen LogP contribution is 2.45. The van der Waals surface area contributed by atoms with Gasteiger partial charge in [-0.2, -0.15) is 9.40 Å². The number of thiophene rings is 1. The maximum absolute atomic E-state index is 13.8. The molecule has 0 saturated heterocycles.